The Labute approximate surface area is 346 Å². The molecule has 0 fully saturated rings. The molecule has 11 rings (SSSR count). The number of nitrogens with zero attached hydrogens (tertiary/aromatic N) is 4. The fraction of sp³-hybridized carbons (Fsp3) is 0.143. The predicted molar refractivity (Wildman–Crippen MR) is 227 cm³/mol. The number of hydrogen-bond acceptors (Lipinski definition) is 4. The van der Waals surface area contributed by atoms with Crippen LogP contribution in [0.4, 0.5) is 0 Å². The van der Waals surface area contributed by atoms with Gasteiger partial charge in [0.25, 0.3) is 0 Å². The third-order valence-corrected chi connectivity index (χ3v) is 11.5. The molecule has 8 heteroatoms. The summed E-state index contributed by atoms with van der Waals surface area (Å²) in [4.78, 5) is 10.2. The van der Waals surface area contributed by atoms with Crippen LogP contribution in [0.2, 0.25) is 0 Å². The van der Waals surface area contributed by atoms with E-state index in [0.29, 0.717) is 0 Å². The minimum Gasteiger partial charge on any atom is -0.518 e. The fourth-order valence-electron chi connectivity index (χ4n) is 9.02. The van der Waals surface area contributed by atoms with Gasteiger partial charge in [0.2, 0.25) is 6.71 Å². The molecule has 0 bridgehead atoms. The Bertz CT molecular complexity index is 3110. The van der Waals surface area contributed by atoms with Crippen LogP contribution in [0.5, 0.6) is 23.0 Å². The predicted octanol–water partition coefficient (Wildman–Crippen LogP) is 9.73. The van der Waals surface area contributed by atoms with Crippen molar-refractivity contribution in [2.45, 2.75) is 47.0 Å². The van der Waals surface area contributed by atoms with Crippen molar-refractivity contribution in [2.75, 3.05) is 0 Å². The van der Waals surface area contributed by atoms with Crippen LogP contribution < -0.4 is 25.9 Å². The fourth-order valence-corrected chi connectivity index (χ4v) is 9.02. The summed E-state index contributed by atoms with van der Waals surface area (Å²) in [7, 11) is 0. The molecule has 0 saturated carbocycles. The van der Waals surface area contributed by atoms with Crippen LogP contribution in [0.15, 0.2) is 115 Å². The minimum absolute atomic E-state index is 0. The van der Waals surface area contributed by atoms with Crippen molar-refractivity contribution < 1.29 is 30.5 Å². The quantitative estimate of drug-likeness (QED) is 0.131. The van der Waals surface area contributed by atoms with Gasteiger partial charge in [0, 0.05) is 34.4 Å². The monoisotopic (exact) mass is 919 g/mol. The molecule has 0 spiro atoms. The van der Waals surface area contributed by atoms with Gasteiger partial charge in [-0.15, -0.1) is 40.8 Å². The molecule has 0 saturated heterocycles. The van der Waals surface area contributed by atoms with Gasteiger partial charge in [-0.25, -0.2) is 4.98 Å². The maximum absolute atomic E-state index is 6.78. The van der Waals surface area contributed by atoms with Crippen LogP contribution in [-0.4, -0.2) is 25.8 Å². The van der Waals surface area contributed by atoms with Crippen LogP contribution >= 0.6 is 0 Å². The zero-order chi connectivity index (χ0) is 38.0. The summed E-state index contributed by atoms with van der Waals surface area (Å²) in [5, 5.41) is 2.18. The van der Waals surface area contributed by atoms with E-state index in [1.165, 1.54) is 22.3 Å². The van der Waals surface area contributed by atoms with Crippen molar-refractivity contribution in [1.82, 2.24) is 19.1 Å². The summed E-state index contributed by atoms with van der Waals surface area (Å²) >= 11 is 0. The number of fused-ring (bicyclic) bond motifs is 8. The van der Waals surface area contributed by atoms with Crippen molar-refractivity contribution in [3.8, 4) is 45.9 Å². The molecule has 0 aliphatic carbocycles. The van der Waals surface area contributed by atoms with Gasteiger partial charge in [-0.2, -0.15) is 6.07 Å². The molecule has 3 aromatic heterocycles. The minimum atomic E-state index is -0.251. The molecule has 2 aliphatic rings. The summed E-state index contributed by atoms with van der Waals surface area (Å²) < 4.78 is 18.0. The second-order valence-electron chi connectivity index (χ2n) is 16.3. The number of aromatic nitrogens is 4. The molecule has 0 unspecified atom stereocenters. The summed E-state index contributed by atoms with van der Waals surface area (Å²) in [5.41, 5.74) is 13.7. The number of pyridine rings is 1. The number of hydrogen-bond donors (Lipinski definition) is 0. The number of aryl methyl sites for hydroxylation is 3. The van der Waals surface area contributed by atoms with Crippen LogP contribution in [0.25, 0.3) is 55.7 Å². The molecule has 278 valence electrons. The molecule has 2 aliphatic heterocycles. The molecular formula is C49H37BN4O2Pt. The summed E-state index contributed by atoms with van der Waals surface area (Å²) in [6, 6.07) is 45.9. The van der Waals surface area contributed by atoms with Crippen LogP contribution in [0.1, 0.15) is 43.0 Å². The van der Waals surface area contributed by atoms with E-state index in [0.717, 1.165) is 95.1 Å². The Morgan fingerprint density at radius 2 is 1.35 bits per heavy atom. The van der Waals surface area contributed by atoms with E-state index in [-0.39, 0.29) is 33.2 Å². The number of imidazole rings is 1. The van der Waals surface area contributed by atoms with E-state index < -0.39 is 0 Å². The number of para-hydroxylation sites is 3. The van der Waals surface area contributed by atoms with E-state index in [2.05, 4.69) is 148 Å². The van der Waals surface area contributed by atoms with Gasteiger partial charge in [-0.1, -0.05) is 85.8 Å². The van der Waals surface area contributed by atoms with Gasteiger partial charge in [0.1, 0.15) is 17.3 Å². The SMILES string of the molecule is Cc1cc(C)c(-n2c(-c3[c-]c4c(cc3)Oc3cccc5c3B4c3[c-]c4c(cc3O5)c3ccccc3n4-c3cc(C(C)(C)C)ccn3)nc3ccccc32)c(C)c1.[Pt+2]. The first-order valence-corrected chi connectivity index (χ1v) is 19.2. The van der Waals surface area contributed by atoms with E-state index in [1.54, 1.807) is 0 Å². The standard InChI is InChI=1S/C49H37BN4O2.Pt/c1-28-22-29(2)47(30(3)23-28)54-39-15-10-8-13-37(39)52-48(54)31-18-19-41-35(24-31)50-36-27-40-34(26-44(36)56-43-17-11-16-42(55-41)46(43)50)33-12-7-9-14-38(33)53(40)45-25-32(20-21-51-45)49(4,5)6;/h7-23,25-26H,1-6H3;/q-2;+2. The van der Waals surface area contributed by atoms with Crippen molar-refractivity contribution in [1.29, 1.82) is 0 Å². The topological polar surface area (TPSA) is 54.1 Å². The maximum Gasteiger partial charge on any atom is 2.00 e. The van der Waals surface area contributed by atoms with Gasteiger partial charge in [-0.3, -0.25) is 4.98 Å². The summed E-state index contributed by atoms with van der Waals surface area (Å²) in [5.74, 6) is 4.78. The second-order valence-corrected chi connectivity index (χ2v) is 16.3. The third kappa shape index (κ3) is 5.36. The van der Waals surface area contributed by atoms with E-state index in [9.17, 15) is 0 Å². The first-order chi connectivity index (χ1) is 27.1. The zero-order valence-corrected chi connectivity index (χ0v) is 34.7. The number of rotatable bonds is 3. The first kappa shape index (κ1) is 35.5. The van der Waals surface area contributed by atoms with Gasteiger partial charge in [0.15, 0.2) is 0 Å². The smallest absolute Gasteiger partial charge is 0.518 e. The summed E-state index contributed by atoms with van der Waals surface area (Å²) in [6.07, 6.45) is 1.92. The van der Waals surface area contributed by atoms with E-state index in [1.807, 2.05) is 30.5 Å². The molecule has 6 nitrogen and oxygen atoms in total. The molecule has 6 aromatic carbocycles. The maximum atomic E-state index is 6.78. The number of benzene rings is 6. The Kier molecular flexibility index (Phi) is 7.98. The normalized spacial score (nSPS) is 12.8. The van der Waals surface area contributed by atoms with Crippen LogP contribution in [0.3, 0.4) is 0 Å². The van der Waals surface area contributed by atoms with Crippen molar-refractivity contribution in [3.63, 3.8) is 0 Å². The molecule has 0 atom stereocenters. The molecule has 0 N–H and O–H groups in total. The molecule has 0 radical (unpaired) electrons. The Morgan fingerprint density at radius 1 is 0.649 bits per heavy atom. The van der Waals surface area contributed by atoms with Crippen molar-refractivity contribution in [2.24, 2.45) is 0 Å². The van der Waals surface area contributed by atoms with Crippen LogP contribution in [0, 0.1) is 32.9 Å². The molecule has 5 heterocycles. The first-order valence-electron chi connectivity index (χ1n) is 19.2. The Morgan fingerprint density at radius 3 is 2.12 bits per heavy atom. The van der Waals surface area contributed by atoms with E-state index in [4.69, 9.17) is 19.4 Å². The van der Waals surface area contributed by atoms with Crippen molar-refractivity contribution >= 4 is 55.9 Å². The number of ether oxygens (including phenoxy) is 2. The van der Waals surface area contributed by atoms with Crippen molar-refractivity contribution in [3.05, 3.63) is 150 Å². The largest absolute Gasteiger partial charge is 2.00 e. The molecule has 57 heavy (non-hydrogen) atoms. The van der Waals surface area contributed by atoms with Gasteiger partial charge < -0.3 is 18.6 Å². The Hall–Kier alpha value is -5.91. The second kappa shape index (κ2) is 12.8. The molecule has 0 amide bonds. The average Bonchev–Trinajstić information content (AvgIpc) is 3.72. The Balaban J connectivity index is 0.00000396. The average molecular weight is 920 g/mol. The van der Waals surface area contributed by atoms with Crippen LogP contribution in [-0.2, 0) is 26.5 Å². The van der Waals surface area contributed by atoms with Gasteiger partial charge in [-0.05, 0) is 90.7 Å². The van der Waals surface area contributed by atoms with E-state index >= 15 is 0 Å². The van der Waals surface area contributed by atoms with Gasteiger partial charge in [0.05, 0.1) is 16.9 Å². The third-order valence-electron chi connectivity index (χ3n) is 11.5. The molecular weight excluding hydrogens is 882 g/mol. The zero-order valence-electron chi connectivity index (χ0n) is 32.5. The summed E-state index contributed by atoms with van der Waals surface area (Å²) in [6.45, 7) is 13.0. The van der Waals surface area contributed by atoms with Gasteiger partial charge >= 0.3 is 21.1 Å². The molecule has 9 aromatic rings.